The largest absolute Gasteiger partial charge is 0.493 e. The van der Waals surface area contributed by atoms with Crippen LogP contribution in [-0.4, -0.2) is 48.1 Å². The standard InChI is InChI=1S/C25H25N3O7S/c1-17-4-7-19(8-5-17)28(36(30,31)20-9-11-21(32-2)23(13-20)33-3)15-25(29)27-26-14-18-6-10-22-24(12-18)35-16-34-22/h4-14H,15-16H2,1-3H3,(H,27,29)/b26-14-. The molecule has 1 aliphatic heterocycles. The van der Waals surface area contributed by atoms with Gasteiger partial charge in [0.1, 0.15) is 6.54 Å². The molecule has 11 heteroatoms. The highest BCUT2D eigenvalue weighted by atomic mass is 32.2. The Morgan fingerprint density at radius 3 is 2.44 bits per heavy atom. The van der Waals surface area contributed by atoms with Crippen LogP contribution in [-0.2, 0) is 14.8 Å². The number of nitrogens with zero attached hydrogens (tertiary/aromatic N) is 2. The number of amides is 1. The predicted octanol–water partition coefficient (Wildman–Crippen LogP) is 3.09. The molecular weight excluding hydrogens is 486 g/mol. The van der Waals surface area contributed by atoms with Crippen molar-refractivity contribution in [3.63, 3.8) is 0 Å². The number of carbonyl (C=O) groups excluding carboxylic acids is 1. The molecule has 0 radical (unpaired) electrons. The highest BCUT2D eigenvalue weighted by molar-refractivity contribution is 7.92. The van der Waals surface area contributed by atoms with Crippen LogP contribution in [0.25, 0.3) is 0 Å². The molecule has 1 aliphatic rings. The number of anilines is 1. The fourth-order valence-electron chi connectivity index (χ4n) is 3.47. The maximum atomic E-state index is 13.6. The van der Waals surface area contributed by atoms with E-state index >= 15 is 0 Å². The summed E-state index contributed by atoms with van der Waals surface area (Å²) in [7, 11) is -1.28. The van der Waals surface area contributed by atoms with E-state index in [9.17, 15) is 13.2 Å². The zero-order valence-electron chi connectivity index (χ0n) is 19.9. The number of aryl methyl sites for hydroxylation is 1. The van der Waals surface area contributed by atoms with Crippen LogP contribution >= 0.6 is 0 Å². The third-order valence-corrected chi connectivity index (χ3v) is 7.12. The van der Waals surface area contributed by atoms with Gasteiger partial charge in [0.25, 0.3) is 15.9 Å². The van der Waals surface area contributed by atoms with E-state index in [0.29, 0.717) is 28.5 Å². The summed E-state index contributed by atoms with van der Waals surface area (Å²) >= 11 is 0. The van der Waals surface area contributed by atoms with Gasteiger partial charge >= 0.3 is 0 Å². The van der Waals surface area contributed by atoms with Gasteiger partial charge < -0.3 is 18.9 Å². The molecule has 0 atom stereocenters. The van der Waals surface area contributed by atoms with Crippen LogP contribution in [0.3, 0.4) is 0 Å². The van der Waals surface area contributed by atoms with E-state index in [1.807, 2.05) is 6.92 Å². The number of fused-ring (bicyclic) bond motifs is 1. The lowest BCUT2D eigenvalue weighted by atomic mass is 10.2. The first-order valence-corrected chi connectivity index (χ1v) is 12.3. The molecular formula is C25H25N3O7S. The van der Waals surface area contributed by atoms with Crippen molar-refractivity contribution in [1.29, 1.82) is 0 Å². The van der Waals surface area contributed by atoms with E-state index < -0.39 is 22.5 Å². The number of rotatable bonds is 9. The zero-order valence-corrected chi connectivity index (χ0v) is 20.7. The zero-order chi connectivity index (χ0) is 25.7. The van der Waals surface area contributed by atoms with Gasteiger partial charge in [-0.3, -0.25) is 9.10 Å². The molecule has 1 heterocycles. The molecule has 0 unspecified atom stereocenters. The molecule has 0 spiro atoms. The lowest BCUT2D eigenvalue weighted by molar-refractivity contribution is -0.119. The van der Waals surface area contributed by atoms with Gasteiger partial charge in [-0.05, 0) is 55.0 Å². The average Bonchev–Trinajstić information content (AvgIpc) is 3.35. The van der Waals surface area contributed by atoms with E-state index in [4.69, 9.17) is 18.9 Å². The minimum Gasteiger partial charge on any atom is -0.493 e. The van der Waals surface area contributed by atoms with Crippen LogP contribution in [0.5, 0.6) is 23.0 Å². The first-order valence-electron chi connectivity index (χ1n) is 10.8. The number of hydrogen-bond donors (Lipinski definition) is 1. The molecule has 36 heavy (non-hydrogen) atoms. The van der Waals surface area contributed by atoms with Crippen molar-refractivity contribution in [2.45, 2.75) is 11.8 Å². The van der Waals surface area contributed by atoms with Crippen molar-refractivity contribution in [3.05, 3.63) is 71.8 Å². The Kier molecular flexibility index (Phi) is 7.30. The van der Waals surface area contributed by atoms with E-state index in [1.54, 1.807) is 42.5 Å². The Bertz CT molecular complexity index is 1390. The second kappa shape index (κ2) is 10.6. The van der Waals surface area contributed by atoms with Gasteiger partial charge in [0.2, 0.25) is 6.79 Å². The molecule has 188 valence electrons. The van der Waals surface area contributed by atoms with Crippen molar-refractivity contribution >= 4 is 27.8 Å². The fourth-order valence-corrected chi connectivity index (χ4v) is 4.91. The molecule has 3 aromatic carbocycles. The Morgan fingerprint density at radius 2 is 1.72 bits per heavy atom. The summed E-state index contributed by atoms with van der Waals surface area (Å²) in [5.74, 6) is 1.22. The van der Waals surface area contributed by atoms with Crippen molar-refractivity contribution in [1.82, 2.24) is 5.43 Å². The van der Waals surface area contributed by atoms with Crippen LogP contribution < -0.4 is 28.7 Å². The van der Waals surface area contributed by atoms with Crippen molar-refractivity contribution in [2.24, 2.45) is 5.10 Å². The number of ether oxygens (including phenoxy) is 4. The average molecular weight is 512 g/mol. The number of nitrogens with one attached hydrogen (secondary N) is 1. The summed E-state index contributed by atoms with van der Waals surface area (Å²) in [5, 5.41) is 3.95. The predicted molar refractivity (Wildman–Crippen MR) is 134 cm³/mol. The molecule has 0 saturated heterocycles. The molecule has 10 nitrogen and oxygen atoms in total. The Labute approximate surface area is 209 Å². The number of hydrazone groups is 1. The lowest BCUT2D eigenvalue weighted by Gasteiger charge is -2.24. The number of sulfonamides is 1. The second-order valence-corrected chi connectivity index (χ2v) is 9.63. The third-order valence-electron chi connectivity index (χ3n) is 5.35. The molecule has 0 saturated carbocycles. The second-order valence-electron chi connectivity index (χ2n) is 7.77. The lowest BCUT2D eigenvalue weighted by Crippen LogP contribution is -2.39. The summed E-state index contributed by atoms with van der Waals surface area (Å²) < 4.78 is 49.3. The maximum Gasteiger partial charge on any atom is 0.264 e. The molecule has 0 aromatic heterocycles. The smallest absolute Gasteiger partial charge is 0.264 e. The Balaban J connectivity index is 1.57. The minimum absolute atomic E-state index is 0.0580. The normalized spacial score (nSPS) is 12.4. The SMILES string of the molecule is COc1ccc(S(=O)(=O)N(CC(=O)N/N=C\c2ccc3c(c2)OCO3)c2ccc(C)cc2)cc1OC. The van der Waals surface area contributed by atoms with Crippen LogP contribution in [0.15, 0.2) is 70.7 Å². The Hall–Kier alpha value is -4.25. The first-order chi connectivity index (χ1) is 17.3. The quantitative estimate of drug-likeness (QED) is 0.347. The third kappa shape index (κ3) is 5.36. The van der Waals surface area contributed by atoms with E-state index in [2.05, 4.69) is 10.5 Å². The molecule has 4 rings (SSSR count). The van der Waals surface area contributed by atoms with Gasteiger partial charge in [-0.2, -0.15) is 5.10 Å². The van der Waals surface area contributed by atoms with Gasteiger partial charge in [0.05, 0.1) is 31.0 Å². The number of hydrogen-bond acceptors (Lipinski definition) is 8. The molecule has 3 aromatic rings. The van der Waals surface area contributed by atoms with Crippen molar-refractivity contribution in [3.8, 4) is 23.0 Å². The highest BCUT2D eigenvalue weighted by Crippen LogP contribution is 2.33. The van der Waals surface area contributed by atoms with Crippen molar-refractivity contribution < 1.29 is 32.2 Å². The van der Waals surface area contributed by atoms with Gasteiger partial charge in [0.15, 0.2) is 23.0 Å². The molecule has 0 bridgehead atoms. The van der Waals surface area contributed by atoms with Crippen LogP contribution in [0, 0.1) is 6.92 Å². The molecule has 0 aliphatic carbocycles. The van der Waals surface area contributed by atoms with Crippen LogP contribution in [0.2, 0.25) is 0 Å². The topological polar surface area (TPSA) is 116 Å². The summed E-state index contributed by atoms with van der Waals surface area (Å²) in [6.07, 6.45) is 1.43. The monoisotopic (exact) mass is 511 g/mol. The van der Waals surface area contributed by atoms with Crippen LogP contribution in [0.4, 0.5) is 5.69 Å². The van der Waals surface area contributed by atoms with Gasteiger partial charge in [0, 0.05) is 6.07 Å². The molecule has 1 N–H and O–H groups in total. The summed E-state index contributed by atoms with van der Waals surface area (Å²) in [5.41, 5.74) is 4.33. The number of carbonyl (C=O) groups is 1. The van der Waals surface area contributed by atoms with Gasteiger partial charge in [-0.1, -0.05) is 17.7 Å². The summed E-state index contributed by atoms with van der Waals surface area (Å²) in [4.78, 5) is 12.7. The van der Waals surface area contributed by atoms with Crippen LogP contribution in [0.1, 0.15) is 11.1 Å². The Morgan fingerprint density at radius 1 is 1.00 bits per heavy atom. The molecule has 0 fully saturated rings. The highest BCUT2D eigenvalue weighted by Gasteiger charge is 2.28. The number of benzene rings is 3. The number of methoxy groups -OCH3 is 2. The minimum atomic E-state index is -4.15. The van der Waals surface area contributed by atoms with Gasteiger partial charge in [-0.15, -0.1) is 0 Å². The van der Waals surface area contributed by atoms with E-state index in [1.165, 1.54) is 38.6 Å². The fraction of sp³-hybridized carbons (Fsp3) is 0.200. The van der Waals surface area contributed by atoms with Crippen molar-refractivity contribution in [2.75, 3.05) is 31.9 Å². The van der Waals surface area contributed by atoms with E-state index in [-0.39, 0.29) is 17.4 Å². The van der Waals surface area contributed by atoms with E-state index in [0.717, 1.165) is 9.87 Å². The summed E-state index contributed by atoms with van der Waals surface area (Å²) in [6.45, 7) is 1.53. The maximum absolute atomic E-state index is 13.6. The summed E-state index contributed by atoms with van der Waals surface area (Å²) in [6, 6.07) is 16.3. The first kappa shape index (κ1) is 24.9. The van der Waals surface area contributed by atoms with Gasteiger partial charge in [-0.25, -0.2) is 13.8 Å². The molecule has 1 amide bonds.